The molecule has 1 aromatic rings. The van der Waals surface area contributed by atoms with Crippen LogP contribution < -0.4 is 17.3 Å². The highest BCUT2D eigenvalue weighted by Gasteiger charge is 2.11. The van der Waals surface area contributed by atoms with Crippen molar-refractivity contribution in [2.45, 2.75) is 0 Å². The van der Waals surface area contributed by atoms with Gasteiger partial charge in [-0.3, -0.25) is 9.69 Å². The average molecular weight is 262 g/mol. The number of rotatable bonds is 3. The molecule has 88 valence electrons. The van der Waals surface area contributed by atoms with E-state index in [1.165, 1.54) is 12.1 Å². The van der Waals surface area contributed by atoms with E-state index in [-0.39, 0.29) is 29.5 Å². The lowest BCUT2D eigenvalue weighted by atomic mass is 10.1. The van der Waals surface area contributed by atoms with Gasteiger partial charge in [0.1, 0.15) is 5.75 Å². The molecule has 0 bridgehead atoms. The van der Waals surface area contributed by atoms with Crippen molar-refractivity contribution < 1.29 is 27.2 Å². The first-order valence-corrected chi connectivity index (χ1v) is 4.90. The van der Waals surface area contributed by atoms with Gasteiger partial charge in [0.25, 0.3) is 0 Å². The molecule has 0 heterocycles. The second-order valence-corrected chi connectivity index (χ2v) is 3.78. The molecule has 0 aliphatic rings. The zero-order chi connectivity index (χ0) is 11.4. The minimum absolute atomic E-state index is 0. The SMILES string of the molecule is C[NH+](C)/C(Cl)=C/C(=O)c1ccccc1O.[Cl-]. The number of carbonyl (C=O) groups is 1. The predicted molar refractivity (Wildman–Crippen MR) is 59.2 cm³/mol. The molecule has 1 aromatic carbocycles. The molecule has 1 rings (SSSR count). The second-order valence-electron chi connectivity index (χ2n) is 3.37. The molecule has 0 saturated carbocycles. The van der Waals surface area contributed by atoms with Crippen molar-refractivity contribution in [2.24, 2.45) is 0 Å². The molecule has 0 fully saturated rings. The highest BCUT2D eigenvalue weighted by atomic mass is 35.5. The van der Waals surface area contributed by atoms with E-state index < -0.39 is 0 Å². The van der Waals surface area contributed by atoms with E-state index in [0.29, 0.717) is 5.16 Å². The molecule has 0 spiro atoms. The van der Waals surface area contributed by atoms with E-state index in [0.717, 1.165) is 4.90 Å². The fourth-order valence-corrected chi connectivity index (χ4v) is 1.12. The summed E-state index contributed by atoms with van der Waals surface area (Å²) in [6.07, 6.45) is 1.31. The van der Waals surface area contributed by atoms with Gasteiger partial charge in [0.15, 0.2) is 5.78 Å². The first-order valence-electron chi connectivity index (χ1n) is 4.52. The molecule has 0 aliphatic heterocycles. The lowest BCUT2D eigenvalue weighted by molar-refractivity contribution is -0.808. The summed E-state index contributed by atoms with van der Waals surface area (Å²) in [6.45, 7) is 0. The zero-order valence-corrected chi connectivity index (χ0v) is 10.5. The Morgan fingerprint density at radius 3 is 2.44 bits per heavy atom. The predicted octanol–water partition coefficient (Wildman–Crippen LogP) is -2.20. The van der Waals surface area contributed by atoms with Gasteiger partial charge in [-0.1, -0.05) is 12.1 Å². The Labute approximate surface area is 106 Å². The summed E-state index contributed by atoms with van der Waals surface area (Å²) in [5.74, 6) is -0.323. The maximum Gasteiger partial charge on any atom is 0.203 e. The Morgan fingerprint density at radius 2 is 1.94 bits per heavy atom. The van der Waals surface area contributed by atoms with Gasteiger partial charge in [-0.15, -0.1) is 0 Å². The Bertz CT molecular complexity index is 403. The molecule has 0 saturated heterocycles. The van der Waals surface area contributed by atoms with Gasteiger partial charge >= 0.3 is 0 Å². The molecule has 0 aromatic heterocycles. The number of phenolic OH excluding ortho intramolecular Hbond substituents is 1. The summed E-state index contributed by atoms with van der Waals surface area (Å²) in [7, 11) is 3.63. The Kier molecular flexibility index (Phi) is 6.11. The van der Waals surface area contributed by atoms with Crippen LogP contribution >= 0.6 is 11.6 Å². The molecule has 0 amide bonds. The summed E-state index contributed by atoms with van der Waals surface area (Å²) in [5, 5.41) is 9.84. The van der Waals surface area contributed by atoms with E-state index in [9.17, 15) is 9.90 Å². The number of nitrogens with one attached hydrogen (secondary N) is 1. The minimum Gasteiger partial charge on any atom is -1.00 e. The quantitative estimate of drug-likeness (QED) is 0.369. The molecule has 2 N–H and O–H groups in total. The van der Waals surface area contributed by atoms with Gasteiger partial charge in [0, 0.05) is 0 Å². The largest absolute Gasteiger partial charge is 1.00 e. The summed E-state index contributed by atoms with van der Waals surface area (Å²) in [6, 6.07) is 6.38. The lowest BCUT2D eigenvalue weighted by Crippen LogP contribution is -3.02. The van der Waals surface area contributed by atoms with Crippen molar-refractivity contribution in [3.63, 3.8) is 0 Å². The number of ketones is 1. The van der Waals surface area contributed by atoms with Crippen LogP contribution in [0.5, 0.6) is 5.75 Å². The topological polar surface area (TPSA) is 41.7 Å². The minimum atomic E-state index is -0.292. The fourth-order valence-electron chi connectivity index (χ4n) is 1.02. The van der Waals surface area contributed by atoms with Crippen LogP contribution in [0.1, 0.15) is 10.4 Å². The third-order valence-electron chi connectivity index (χ3n) is 1.90. The van der Waals surface area contributed by atoms with Crippen LogP contribution in [0.4, 0.5) is 0 Å². The summed E-state index contributed by atoms with van der Waals surface area (Å²) in [4.78, 5) is 12.5. The highest BCUT2D eigenvalue weighted by molar-refractivity contribution is 6.30. The second kappa shape index (κ2) is 6.53. The van der Waals surface area contributed by atoms with E-state index in [1.807, 2.05) is 14.1 Å². The molecule has 16 heavy (non-hydrogen) atoms. The number of benzene rings is 1. The Balaban J connectivity index is 0.00000225. The van der Waals surface area contributed by atoms with E-state index >= 15 is 0 Å². The van der Waals surface area contributed by atoms with Crippen LogP contribution in [-0.2, 0) is 0 Å². The zero-order valence-electron chi connectivity index (χ0n) is 9.00. The van der Waals surface area contributed by atoms with Crippen molar-refractivity contribution >= 4 is 17.4 Å². The molecule has 3 nitrogen and oxygen atoms in total. The molecule has 0 aliphatic carbocycles. The first kappa shape index (κ1) is 15.0. The van der Waals surface area contributed by atoms with Gasteiger partial charge in [-0.2, -0.15) is 0 Å². The molecule has 0 atom stereocenters. The van der Waals surface area contributed by atoms with E-state index in [1.54, 1.807) is 18.2 Å². The maximum atomic E-state index is 11.6. The molecule has 0 unspecified atom stereocenters. The number of quaternary nitrogens is 1. The van der Waals surface area contributed by atoms with Crippen molar-refractivity contribution in [3.8, 4) is 5.75 Å². The number of phenols is 1. The number of hydrogen-bond acceptors (Lipinski definition) is 2. The highest BCUT2D eigenvalue weighted by Crippen LogP contribution is 2.16. The first-order chi connectivity index (χ1) is 7.02. The Hall–Kier alpha value is -1.03. The number of aromatic hydroxyl groups is 1. The summed E-state index contributed by atoms with van der Waals surface area (Å²) < 4.78 is 0. The van der Waals surface area contributed by atoms with Gasteiger partial charge in [-0.05, 0) is 23.7 Å². The summed E-state index contributed by atoms with van der Waals surface area (Å²) >= 11 is 5.83. The monoisotopic (exact) mass is 261 g/mol. The maximum absolute atomic E-state index is 11.6. The third kappa shape index (κ3) is 3.85. The molecular weight excluding hydrogens is 249 g/mol. The van der Waals surface area contributed by atoms with E-state index in [2.05, 4.69) is 0 Å². The number of allylic oxidation sites excluding steroid dienone is 1. The van der Waals surface area contributed by atoms with Crippen LogP contribution in [-0.4, -0.2) is 25.0 Å². The molecule has 5 heteroatoms. The van der Waals surface area contributed by atoms with Crippen molar-refractivity contribution in [2.75, 3.05) is 14.1 Å². The number of hydrogen-bond donors (Lipinski definition) is 2. The van der Waals surface area contributed by atoms with Gasteiger partial charge in [0.2, 0.25) is 5.16 Å². The normalized spacial score (nSPS) is 11.1. The van der Waals surface area contributed by atoms with Gasteiger partial charge < -0.3 is 17.5 Å². The van der Waals surface area contributed by atoms with Crippen LogP contribution in [0.2, 0.25) is 0 Å². The van der Waals surface area contributed by atoms with Gasteiger partial charge in [-0.25, -0.2) is 0 Å². The van der Waals surface area contributed by atoms with E-state index in [4.69, 9.17) is 11.6 Å². The number of halogens is 2. The lowest BCUT2D eigenvalue weighted by Gasteiger charge is -2.04. The van der Waals surface area contributed by atoms with Crippen LogP contribution in [0.15, 0.2) is 35.5 Å². The van der Waals surface area contributed by atoms with Crippen molar-refractivity contribution in [1.29, 1.82) is 0 Å². The van der Waals surface area contributed by atoms with Gasteiger partial charge in [0.05, 0.1) is 25.7 Å². The van der Waals surface area contributed by atoms with Crippen LogP contribution in [0, 0.1) is 0 Å². The number of carbonyl (C=O) groups excluding carboxylic acids is 1. The average Bonchev–Trinajstić information content (AvgIpc) is 2.18. The molecular formula is C11H13Cl2NO2. The van der Waals surface area contributed by atoms with Crippen molar-refractivity contribution in [3.05, 3.63) is 41.1 Å². The standard InChI is InChI=1S/C11H12ClNO2.ClH/c1-13(2)11(12)7-10(15)8-5-3-4-6-9(8)14;/h3-7,14H,1-2H3;1H/b11-7+;. The van der Waals surface area contributed by atoms with Crippen LogP contribution in [0.25, 0.3) is 0 Å². The van der Waals surface area contributed by atoms with Crippen molar-refractivity contribution in [1.82, 2.24) is 0 Å². The molecule has 0 radical (unpaired) electrons. The van der Waals surface area contributed by atoms with Crippen LogP contribution in [0.3, 0.4) is 0 Å². The fraction of sp³-hybridized carbons (Fsp3) is 0.182. The Morgan fingerprint density at radius 1 is 1.38 bits per heavy atom. The summed E-state index contributed by atoms with van der Waals surface area (Å²) in [5.41, 5.74) is 0.261. The third-order valence-corrected chi connectivity index (χ3v) is 2.39. The number of para-hydroxylation sites is 1. The smallest absolute Gasteiger partial charge is 0.203 e.